The van der Waals surface area contributed by atoms with E-state index in [1.807, 2.05) is 0 Å². The number of thioether (sulfide) groups is 1. The Hall–Kier alpha value is -1.80. The number of carbonyl (C=O) groups is 2. The van der Waals surface area contributed by atoms with Crippen LogP contribution in [0.3, 0.4) is 0 Å². The summed E-state index contributed by atoms with van der Waals surface area (Å²) in [7, 11) is 0. The fourth-order valence-electron chi connectivity index (χ4n) is 0.946. The molecular weight excluding hydrogens is 226 g/mol. The van der Waals surface area contributed by atoms with E-state index in [1.165, 1.54) is 13.1 Å². The van der Waals surface area contributed by atoms with Crippen molar-refractivity contribution in [3.05, 3.63) is 29.6 Å². The largest absolute Gasteiger partial charge is 0.476 e. The maximum absolute atomic E-state index is 10.8. The van der Waals surface area contributed by atoms with E-state index in [4.69, 9.17) is 5.11 Å². The summed E-state index contributed by atoms with van der Waals surface area (Å²) in [6.45, 7) is 1.46. The molecule has 0 atom stereocenters. The van der Waals surface area contributed by atoms with Gasteiger partial charge in [-0.1, -0.05) is 23.6 Å². The highest BCUT2D eigenvalue weighted by Crippen LogP contribution is 2.04. The summed E-state index contributed by atoms with van der Waals surface area (Å²) in [5.74, 6) is 4.64. The number of aromatic nitrogens is 1. The number of rotatable bonds is 2. The van der Waals surface area contributed by atoms with Crippen molar-refractivity contribution in [1.82, 2.24) is 4.98 Å². The molecule has 0 aliphatic rings. The summed E-state index contributed by atoms with van der Waals surface area (Å²) in [5, 5.41) is 8.81. The van der Waals surface area contributed by atoms with Gasteiger partial charge in [0.25, 0.3) is 0 Å². The van der Waals surface area contributed by atoms with E-state index in [0.717, 1.165) is 11.8 Å². The molecule has 5 heteroatoms. The van der Waals surface area contributed by atoms with Gasteiger partial charge in [0.05, 0.1) is 11.3 Å². The topological polar surface area (TPSA) is 67.3 Å². The predicted molar refractivity (Wildman–Crippen MR) is 61.2 cm³/mol. The van der Waals surface area contributed by atoms with Gasteiger partial charge in [-0.3, -0.25) is 4.79 Å². The van der Waals surface area contributed by atoms with Crippen LogP contribution in [0.25, 0.3) is 0 Å². The number of carbonyl (C=O) groups excluding carboxylic acids is 1. The maximum atomic E-state index is 10.8. The molecule has 16 heavy (non-hydrogen) atoms. The van der Waals surface area contributed by atoms with E-state index >= 15 is 0 Å². The molecule has 1 heterocycles. The highest BCUT2D eigenvalue weighted by Gasteiger charge is 2.08. The van der Waals surface area contributed by atoms with Crippen LogP contribution < -0.4 is 0 Å². The third-order valence-corrected chi connectivity index (χ3v) is 2.28. The van der Waals surface area contributed by atoms with Gasteiger partial charge in [0.2, 0.25) is 0 Å². The van der Waals surface area contributed by atoms with Crippen LogP contribution in [-0.2, 0) is 4.79 Å². The van der Waals surface area contributed by atoms with Crippen molar-refractivity contribution >= 4 is 22.8 Å². The molecule has 82 valence electrons. The molecule has 1 aromatic heterocycles. The summed E-state index contributed by atoms with van der Waals surface area (Å²) < 4.78 is 0. The number of carboxylic acids is 1. The second-order valence-corrected chi connectivity index (χ2v) is 3.94. The molecule has 1 rings (SSSR count). The van der Waals surface area contributed by atoms with Crippen LogP contribution in [0.1, 0.15) is 23.0 Å². The molecule has 0 fully saturated rings. The fraction of sp³-hybridized carbons (Fsp3) is 0.182. The number of aromatic carboxylic acids is 1. The predicted octanol–water partition coefficient (Wildman–Crippen LogP) is 1.41. The summed E-state index contributed by atoms with van der Waals surface area (Å²) in [6, 6.07) is 3.20. The van der Waals surface area contributed by atoms with Gasteiger partial charge in [-0.05, 0) is 12.1 Å². The SMILES string of the molecule is CC(=O)SCC#Cc1cccnc1C(=O)O. The average Bonchev–Trinajstić information content (AvgIpc) is 2.24. The van der Waals surface area contributed by atoms with Crippen molar-refractivity contribution in [2.24, 2.45) is 0 Å². The molecule has 0 radical (unpaired) electrons. The zero-order valence-corrected chi connectivity index (χ0v) is 9.37. The number of hydrogen-bond donors (Lipinski definition) is 1. The number of carboxylic acid groups (broad SMARTS) is 1. The van der Waals surface area contributed by atoms with Crippen molar-refractivity contribution in [2.45, 2.75) is 6.92 Å². The van der Waals surface area contributed by atoms with Gasteiger partial charge < -0.3 is 5.11 Å². The summed E-state index contributed by atoms with van der Waals surface area (Å²) >= 11 is 1.08. The summed E-state index contributed by atoms with van der Waals surface area (Å²) in [5.41, 5.74) is 0.293. The van der Waals surface area contributed by atoms with E-state index < -0.39 is 5.97 Å². The Morgan fingerprint density at radius 3 is 2.94 bits per heavy atom. The molecule has 0 aliphatic heterocycles. The molecule has 0 amide bonds. The summed E-state index contributed by atoms with van der Waals surface area (Å²) in [6.07, 6.45) is 1.40. The molecular formula is C11H9NO3S. The lowest BCUT2D eigenvalue weighted by Gasteiger charge is -1.95. The van der Waals surface area contributed by atoms with Gasteiger partial charge >= 0.3 is 5.97 Å². The third kappa shape index (κ3) is 3.75. The van der Waals surface area contributed by atoms with Crippen LogP contribution >= 0.6 is 11.8 Å². The van der Waals surface area contributed by atoms with Gasteiger partial charge in [-0.2, -0.15) is 0 Å². The molecule has 0 spiro atoms. The molecule has 0 saturated heterocycles. The standard InChI is InChI=1S/C11H9NO3S/c1-8(13)16-7-3-5-9-4-2-6-12-10(9)11(14)15/h2,4,6H,7H2,1H3,(H,14,15). The van der Waals surface area contributed by atoms with Crippen LogP contribution in [0.15, 0.2) is 18.3 Å². The second kappa shape index (κ2) is 5.93. The molecule has 0 saturated carbocycles. The average molecular weight is 235 g/mol. The summed E-state index contributed by atoms with van der Waals surface area (Å²) in [4.78, 5) is 25.1. The Kier molecular flexibility index (Phi) is 4.55. The molecule has 1 N–H and O–H groups in total. The Labute approximate surface area is 97.1 Å². The normalized spacial score (nSPS) is 9.06. The number of pyridine rings is 1. The van der Waals surface area contributed by atoms with Crippen molar-refractivity contribution in [2.75, 3.05) is 5.75 Å². The van der Waals surface area contributed by atoms with Gasteiger partial charge in [0.15, 0.2) is 10.8 Å². The lowest BCUT2D eigenvalue weighted by Crippen LogP contribution is -2.02. The third-order valence-electron chi connectivity index (χ3n) is 1.58. The second-order valence-electron chi connectivity index (χ2n) is 2.79. The molecule has 1 aromatic rings. The Morgan fingerprint density at radius 1 is 1.56 bits per heavy atom. The van der Waals surface area contributed by atoms with Crippen LogP contribution in [0, 0.1) is 11.8 Å². The first kappa shape index (κ1) is 12.3. The van der Waals surface area contributed by atoms with Crippen molar-refractivity contribution in [1.29, 1.82) is 0 Å². The van der Waals surface area contributed by atoms with Gasteiger partial charge in [0.1, 0.15) is 0 Å². The van der Waals surface area contributed by atoms with E-state index in [1.54, 1.807) is 12.1 Å². The highest BCUT2D eigenvalue weighted by atomic mass is 32.2. The Balaban J connectivity index is 2.80. The minimum absolute atomic E-state index is 0.0149. The van der Waals surface area contributed by atoms with Gasteiger partial charge in [-0.25, -0.2) is 9.78 Å². The van der Waals surface area contributed by atoms with E-state index in [9.17, 15) is 9.59 Å². The van der Waals surface area contributed by atoms with E-state index in [0.29, 0.717) is 11.3 Å². The Bertz CT molecular complexity index is 474. The smallest absolute Gasteiger partial charge is 0.355 e. The lowest BCUT2D eigenvalue weighted by atomic mass is 10.2. The maximum Gasteiger partial charge on any atom is 0.355 e. The number of nitrogens with zero attached hydrogens (tertiary/aromatic N) is 1. The first-order valence-electron chi connectivity index (χ1n) is 4.42. The van der Waals surface area contributed by atoms with E-state index in [2.05, 4.69) is 16.8 Å². The monoisotopic (exact) mass is 235 g/mol. The Morgan fingerprint density at radius 2 is 2.31 bits per heavy atom. The van der Waals surface area contributed by atoms with E-state index in [-0.39, 0.29) is 10.8 Å². The zero-order valence-electron chi connectivity index (χ0n) is 8.56. The van der Waals surface area contributed by atoms with Crippen LogP contribution in [0.5, 0.6) is 0 Å². The molecule has 4 nitrogen and oxygen atoms in total. The first-order valence-corrected chi connectivity index (χ1v) is 5.40. The van der Waals surface area contributed by atoms with Crippen molar-refractivity contribution in [3.8, 4) is 11.8 Å². The molecule has 0 aliphatic carbocycles. The fourth-order valence-corrected chi connectivity index (χ4v) is 1.29. The van der Waals surface area contributed by atoms with Crippen molar-refractivity contribution < 1.29 is 14.7 Å². The lowest BCUT2D eigenvalue weighted by molar-refractivity contribution is -0.109. The van der Waals surface area contributed by atoms with Crippen LogP contribution in [0.4, 0.5) is 0 Å². The van der Waals surface area contributed by atoms with Crippen LogP contribution in [0.2, 0.25) is 0 Å². The molecule has 0 aromatic carbocycles. The minimum Gasteiger partial charge on any atom is -0.476 e. The van der Waals surface area contributed by atoms with Gasteiger partial charge in [0, 0.05) is 13.1 Å². The first-order chi connectivity index (χ1) is 7.61. The molecule has 0 bridgehead atoms. The number of hydrogen-bond acceptors (Lipinski definition) is 4. The van der Waals surface area contributed by atoms with Crippen molar-refractivity contribution in [3.63, 3.8) is 0 Å². The highest BCUT2D eigenvalue weighted by molar-refractivity contribution is 8.13. The molecule has 0 unspecified atom stereocenters. The van der Waals surface area contributed by atoms with Crippen LogP contribution in [-0.4, -0.2) is 26.9 Å². The van der Waals surface area contributed by atoms with Gasteiger partial charge in [-0.15, -0.1) is 0 Å². The zero-order chi connectivity index (χ0) is 12.0. The minimum atomic E-state index is -1.11. The quantitative estimate of drug-likeness (QED) is 0.785.